The minimum absolute atomic E-state index is 0.00678. The maximum atomic E-state index is 13.3. The first kappa shape index (κ1) is 21.9. The third-order valence-electron chi connectivity index (χ3n) is 6.71. The molecule has 2 aromatic carbocycles. The Labute approximate surface area is 197 Å². The Morgan fingerprint density at radius 1 is 1.21 bits per heavy atom. The number of sulfonamides is 1. The number of hydrogen-bond acceptors (Lipinski definition) is 6. The van der Waals surface area contributed by atoms with Crippen LogP contribution in [0.2, 0.25) is 0 Å². The molecule has 1 saturated carbocycles. The fourth-order valence-electron chi connectivity index (χ4n) is 5.04. The van der Waals surface area contributed by atoms with E-state index < -0.39 is 15.4 Å². The summed E-state index contributed by atoms with van der Waals surface area (Å²) >= 11 is 1.54. The van der Waals surface area contributed by atoms with Crippen LogP contribution in [0, 0.1) is 0 Å². The van der Waals surface area contributed by atoms with Crippen LogP contribution in [0.1, 0.15) is 54.7 Å². The van der Waals surface area contributed by atoms with Gasteiger partial charge in [-0.3, -0.25) is 9.52 Å². The molecule has 5 rings (SSSR count). The number of para-hydroxylation sites is 1. The molecule has 2 N–H and O–H groups in total. The summed E-state index contributed by atoms with van der Waals surface area (Å²) in [5, 5.41) is 5.94. The van der Waals surface area contributed by atoms with E-state index in [-0.39, 0.29) is 22.5 Å². The van der Waals surface area contributed by atoms with Crippen molar-refractivity contribution in [3.8, 4) is 5.75 Å². The van der Waals surface area contributed by atoms with Crippen LogP contribution in [0.15, 0.2) is 52.9 Å². The van der Waals surface area contributed by atoms with Crippen LogP contribution >= 0.6 is 11.3 Å². The van der Waals surface area contributed by atoms with Crippen molar-refractivity contribution in [3.63, 3.8) is 0 Å². The topological polar surface area (TPSA) is 97.4 Å². The lowest BCUT2D eigenvalue weighted by Crippen LogP contribution is -2.31. The SMILES string of the molecule is COc1ccccc1S(=O)(=O)Nc1cc(C(C)c2nccs2)c2c(c1)C1(CCCC1)C(=O)N2. The van der Waals surface area contributed by atoms with Gasteiger partial charge in [0, 0.05) is 28.9 Å². The lowest BCUT2D eigenvalue weighted by atomic mass is 9.78. The first-order valence-electron chi connectivity index (χ1n) is 10.9. The van der Waals surface area contributed by atoms with E-state index in [0.29, 0.717) is 5.69 Å². The molecule has 1 aromatic heterocycles. The van der Waals surface area contributed by atoms with Gasteiger partial charge in [-0.1, -0.05) is 31.9 Å². The monoisotopic (exact) mass is 483 g/mol. The van der Waals surface area contributed by atoms with Crippen molar-refractivity contribution in [1.82, 2.24) is 4.98 Å². The molecule has 7 nitrogen and oxygen atoms in total. The third kappa shape index (κ3) is 3.59. The molecule has 0 bridgehead atoms. The van der Waals surface area contributed by atoms with Crippen molar-refractivity contribution in [1.29, 1.82) is 0 Å². The number of methoxy groups -OCH3 is 1. The van der Waals surface area contributed by atoms with Crippen molar-refractivity contribution < 1.29 is 17.9 Å². The molecular formula is C24H25N3O4S2. The fourth-order valence-corrected chi connectivity index (χ4v) is 6.97. The largest absolute Gasteiger partial charge is 0.495 e. The minimum Gasteiger partial charge on any atom is -0.495 e. The number of amides is 1. The number of carbonyl (C=O) groups excluding carboxylic acids is 1. The summed E-state index contributed by atoms with van der Waals surface area (Å²) in [5.41, 5.74) is 2.37. The Bertz CT molecular complexity index is 1310. The Morgan fingerprint density at radius 2 is 1.97 bits per heavy atom. The molecule has 1 spiro atoms. The predicted octanol–water partition coefficient (Wildman–Crippen LogP) is 4.87. The van der Waals surface area contributed by atoms with E-state index in [0.717, 1.165) is 47.5 Å². The zero-order valence-electron chi connectivity index (χ0n) is 18.4. The molecule has 1 aliphatic heterocycles. The van der Waals surface area contributed by atoms with Gasteiger partial charge < -0.3 is 10.1 Å². The number of anilines is 2. The second-order valence-corrected chi connectivity index (χ2v) is 11.2. The second-order valence-electron chi connectivity index (χ2n) is 8.58. The number of ether oxygens (including phenoxy) is 1. The maximum absolute atomic E-state index is 13.3. The summed E-state index contributed by atoms with van der Waals surface area (Å²) in [7, 11) is -2.47. The molecule has 33 heavy (non-hydrogen) atoms. The summed E-state index contributed by atoms with van der Waals surface area (Å²) in [6.07, 6.45) is 5.23. The first-order valence-corrected chi connectivity index (χ1v) is 13.3. The minimum atomic E-state index is -3.91. The van der Waals surface area contributed by atoms with Crippen LogP contribution in [0.5, 0.6) is 5.75 Å². The first-order chi connectivity index (χ1) is 15.9. The number of rotatable bonds is 6. The normalized spacial score (nSPS) is 17.6. The van der Waals surface area contributed by atoms with E-state index in [2.05, 4.69) is 15.0 Å². The predicted molar refractivity (Wildman–Crippen MR) is 129 cm³/mol. The Hall–Kier alpha value is -2.91. The van der Waals surface area contributed by atoms with Crippen molar-refractivity contribution >= 4 is 38.6 Å². The Morgan fingerprint density at radius 3 is 2.67 bits per heavy atom. The van der Waals surface area contributed by atoms with Gasteiger partial charge in [0.2, 0.25) is 5.91 Å². The number of thiazole rings is 1. The highest BCUT2D eigenvalue weighted by atomic mass is 32.2. The zero-order valence-corrected chi connectivity index (χ0v) is 20.1. The lowest BCUT2D eigenvalue weighted by molar-refractivity contribution is -0.120. The second kappa shape index (κ2) is 8.14. The van der Waals surface area contributed by atoms with Gasteiger partial charge in [0.15, 0.2) is 0 Å². The molecule has 0 radical (unpaired) electrons. The summed E-state index contributed by atoms with van der Waals surface area (Å²) < 4.78 is 34.6. The third-order valence-corrected chi connectivity index (χ3v) is 9.09. The summed E-state index contributed by atoms with van der Waals surface area (Å²) in [5.74, 6) is 0.172. The molecule has 1 aliphatic carbocycles. The molecule has 1 amide bonds. The van der Waals surface area contributed by atoms with E-state index in [4.69, 9.17) is 4.74 Å². The average Bonchev–Trinajstić information content (AvgIpc) is 3.56. The van der Waals surface area contributed by atoms with Gasteiger partial charge in [0.05, 0.1) is 17.5 Å². The molecule has 2 aliphatic rings. The van der Waals surface area contributed by atoms with Gasteiger partial charge in [-0.2, -0.15) is 0 Å². The van der Waals surface area contributed by atoms with Crippen molar-refractivity contribution in [2.45, 2.75) is 48.8 Å². The molecule has 1 fully saturated rings. The van der Waals surface area contributed by atoms with Crippen LogP contribution < -0.4 is 14.8 Å². The number of aromatic nitrogens is 1. The number of benzene rings is 2. The Balaban J connectivity index is 1.64. The Kier molecular flexibility index (Phi) is 5.41. The molecular weight excluding hydrogens is 458 g/mol. The average molecular weight is 484 g/mol. The quantitative estimate of drug-likeness (QED) is 0.521. The molecule has 0 saturated heterocycles. The lowest BCUT2D eigenvalue weighted by Gasteiger charge is -2.23. The van der Waals surface area contributed by atoms with Crippen LogP contribution in [0.3, 0.4) is 0 Å². The van der Waals surface area contributed by atoms with Crippen molar-refractivity contribution in [2.24, 2.45) is 0 Å². The summed E-state index contributed by atoms with van der Waals surface area (Å²) in [4.78, 5) is 17.7. The van der Waals surface area contributed by atoms with Crippen molar-refractivity contribution in [2.75, 3.05) is 17.1 Å². The van der Waals surface area contributed by atoms with Crippen molar-refractivity contribution in [3.05, 3.63) is 64.1 Å². The zero-order chi connectivity index (χ0) is 23.2. The van der Waals surface area contributed by atoms with E-state index in [1.54, 1.807) is 24.4 Å². The van der Waals surface area contributed by atoms with Gasteiger partial charge in [-0.05, 0) is 48.2 Å². The standard InChI is InChI=1S/C24H25N3O4S2/c1-15(22-25-11-12-32-22)17-13-16(27-33(29,30)20-8-4-3-7-19(20)31-2)14-18-21(17)26-23(28)24(18)9-5-6-10-24/h3-4,7-8,11-15,27H,5-6,9-10H2,1-2H3,(H,26,28). The van der Waals surface area contributed by atoms with Gasteiger partial charge in [-0.25, -0.2) is 13.4 Å². The van der Waals surface area contributed by atoms with E-state index in [9.17, 15) is 13.2 Å². The number of nitrogens with one attached hydrogen (secondary N) is 2. The van der Waals surface area contributed by atoms with Gasteiger partial charge >= 0.3 is 0 Å². The molecule has 9 heteroatoms. The van der Waals surface area contributed by atoms with E-state index >= 15 is 0 Å². The van der Waals surface area contributed by atoms with Gasteiger partial charge in [-0.15, -0.1) is 11.3 Å². The van der Waals surface area contributed by atoms with E-state index in [1.165, 1.54) is 24.5 Å². The number of nitrogens with zero attached hydrogens (tertiary/aromatic N) is 1. The smallest absolute Gasteiger partial charge is 0.265 e. The highest BCUT2D eigenvalue weighted by Crippen LogP contribution is 2.52. The fraction of sp³-hybridized carbons (Fsp3) is 0.333. The number of fused-ring (bicyclic) bond motifs is 2. The van der Waals surface area contributed by atoms with E-state index in [1.807, 2.05) is 24.4 Å². The number of hydrogen-bond donors (Lipinski definition) is 2. The summed E-state index contributed by atoms with van der Waals surface area (Å²) in [6, 6.07) is 10.1. The van der Waals surface area contributed by atoms with Crippen LogP contribution in [0.4, 0.5) is 11.4 Å². The molecule has 1 unspecified atom stereocenters. The highest BCUT2D eigenvalue weighted by molar-refractivity contribution is 7.92. The van der Waals surface area contributed by atoms with Crippen LogP contribution in [0.25, 0.3) is 0 Å². The van der Waals surface area contributed by atoms with Gasteiger partial charge in [0.25, 0.3) is 10.0 Å². The maximum Gasteiger partial charge on any atom is 0.265 e. The van der Waals surface area contributed by atoms with Crippen LogP contribution in [-0.4, -0.2) is 26.4 Å². The van der Waals surface area contributed by atoms with Gasteiger partial charge in [0.1, 0.15) is 10.6 Å². The number of carbonyl (C=O) groups is 1. The molecule has 172 valence electrons. The van der Waals surface area contributed by atoms with Crippen LogP contribution in [-0.2, 0) is 20.2 Å². The highest BCUT2D eigenvalue weighted by Gasteiger charge is 2.49. The molecule has 3 aromatic rings. The summed E-state index contributed by atoms with van der Waals surface area (Å²) in [6.45, 7) is 2.03. The molecule has 2 heterocycles. The molecule has 1 atom stereocenters.